The van der Waals surface area contributed by atoms with Crippen LogP contribution in [0.15, 0.2) is 54.9 Å². The van der Waals surface area contributed by atoms with Gasteiger partial charge in [0.25, 0.3) is 0 Å². The number of aromatic nitrogens is 2. The van der Waals surface area contributed by atoms with Crippen LogP contribution in [-0.2, 0) is 13.1 Å². The van der Waals surface area contributed by atoms with E-state index in [4.69, 9.17) is 14.2 Å². The van der Waals surface area contributed by atoms with Gasteiger partial charge in [-0.2, -0.15) is 0 Å². The Labute approximate surface area is 210 Å². The molecule has 2 aromatic carbocycles. The summed E-state index contributed by atoms with van der Waals surface area (Å²) >= 11 is 0. The molecule has 1 aromatic heterocycles. The summed E-state index contributed by atoms with van der Waals surface area (Å²) in [5.41, 5.74) is -0.469. The molecule has 0 bridgehead atoms. The lowest BCUT2D eigenvalue weighted by atomic mass is 9.90. The molecule has 0 amide bonds. The van der Waals surface area contributed by atoms with Crippen LogP contribution in [0, 0.1) is 12.7 Å². The van der Waals surface area contributed by atoms with Crippen molar-refractivity contribution in [3.05, 3.63) is 72.1 Å². The second-order valence-electron chi connectivity index (χ2n) is 9.22. The number of β-amino-alcohol motifs (C(OH)–C–C–N with tert-alkyl or cyclic N) is 1. The van der Waals surface area contributed by atoms with Gasteiger partial charge >= 0.3 is 0 Å². The van der Waals surface area contributed by atoms with Gasteiger partial charge in [0.2, 0.25) is 0 Å². The van der Waals surface area contributed by atoms with Crippen LogP contribution in [0.25, 0.3) is 0 Å². The van der Waals surface area contributed by atoms with Crippen LogP contribution in [0.2, 0.25) is 0 Å². The molecule has 3 aromatic rings. The summed E-state index contributed by atoms with van der Waals surface area (Å²) in [5.74, 6) is 2.20. The molecule has 1 aliphatic rings. The van der Waals surface area contributed by atoms with Crippen molar-refractivity contribution in [3.8, 4) is 17.2 Å². The molecule has 9 heteroatoms. The highest BCUT2D eigenvalue weighted by atomic mass is 19.1. The third-order valence-electron chi connectivity index (χ3n) is 6.48. The first-order valence-corrected chi connectivity index (χ1v) is 12.1. The Hall–Kier alpha value is -3.14. The van der Waals surface area contributed by atoms with Crippen molar-refractivity contribution in [2.45, 2.75) is 44.6 Å². The largest absolute Gasteiger partial charge is 0.493 e. The zero-order valence-corrected chi connectivity index (χ0v) is 20.8. The number of imidazole rings is 1. The SMILES string of the molecule is COc1cc(CN2CC[C@H](O)[C@@](O)(COc3cccc(F)c3)C2)ccc1OCCCn1ccnc1C. The lowest BCUT2D eigenvalue weighted by molar-refractivity contribution is -0.140. The number of methoxy groups -OCH3 is 1. The second kappa shape index (κ2) is 11.7. The third-order valence-corrected chi connectivity index (χ3v) is 6.48. The van der Waals surface area contributed by atoms with Crippen LogP contribution in [0.5, 0.6) is 17.2 Å². The van der Waals surface area contributed by atoms with Gasteiger partial charge < -0.3 is 29.0 Å². The molecule has 1 aliphatic heterocycles. The molecule has 1 saturated heterocycles. The highest BCUT2D eigenvalue weighted by molar-refractivity contribution is 5.43. The highest BCUT2D eigenvalue weighted by Gasteiger charge is 2.42. The second-order valence-corrected chi connectivity index (χ2v) is 9.22. The molecule has 2 heterocycles. The van der Waals surface area contributed by atoms with E-state index in [2.05, 4.69) is 14.5 Å². The first-order chi connectivity index (χ1) is 17.4. The van der Waals surface area contributed by atoms with Gasteiger partial charge in [-0.05, 0) is 49.6 Å². The van der Waals surface area contributed by atoms with E-state index < -0.39 is 17.5 Å². The summed E-state index contributed by atoms with van der Waals surface area (Å²) in [5, 5.41) is 21.6. The van der Waals surface area contributed by atoms with Crippen LogP contribution in [0.3, 0.4) is 0 Å². The van der Waals surface area contributed by atoms with Crippen LogP contribution in [0.1, 0.15) is 24.2 Å². The summed E-state index contributed by atoms with van der Waals surface area (Å²) in [6.45, 7) is 4.63. The molecule has 0 spiro atoms. The number of hydrogen-bond donors (Lipinski definition) is 2. The topological polar surface area (TPSA) is 89.2 Å². The molecule has 0 aliphatic carbocycles. The number of piperidine rings is 1. The normalized spacial score (nSPS) is 20.3. The molecule has 2 N–H and O–H groups in total. The van der Waals surface area contributed by atoms with Crippen LogP contribution >= 0.6 is 0 Å². The van der Waals surface area contributed by atoms with E-state index in [9.17, 15) is 14.6 Å². The van der Waals surface area contributed by atoms with E-state index in [-0.39, 0.29) is 13.2 Å². The standard InChI is InChI=1S/C27H34FN3O5/c1-20-29-10-13-31(20)11-4-14-35-24-8-7-21(15-25(24)34-2)17-30-12-9-26(32)27(33,18-30)19-36-23-6-3-5-22(28)16-23/h3,5-8,10,13,15-16,26,32-33H,4,9,11-12,14,17-19H2,1-2H3/t26-,27-/m0/s1. The minimum Gasteiger partial charge on any atom is -0.493 e. The Morgan fingerprint density at radius 3 is 2.78 bits per heavy atom. The van der Waals surface area contributed by atoms with Crippen molar-refractivity contribution < 1.29 is 28.8 Å². The maximum Gasteiger partial charge on any atom is 0.161 e. The summed E-state index contributed by atoms with van der Waals surface area (Å²) < 4.78 is 32.6. The van der Waals surface area contributed by atoms with Gasteiger partial charge in [-0.1, -0.05) is 12.1 Å². The van der Waals surface area contributed by atoms with E-state index >= 15 is 0 Å². The number of aliphatic hydroxyl groups is 2. The van der Waals surface area contributed by atoms with Gasteiger partial charge in [-0.3, -0.25) is 4.90 Å². The number of ether oxygens (including phenoxy) is 3. The van der Waals surface area contributed by atoms with Crippen LogP contribution in [-0.4, -0.2) is 69.8 Å². The quantitative estimate of drug-likeness (QED) is 0.392. The van der Waals surface area contributed by atoms with Gasteiger partial charge in [-0.25, -0.2) is 9.37 Å². The van der Waals surface area contributed by atoms with Gasteiger partial charge in [-0.15, -0.1) is 0 Å². The Morgan fingerprint density at radius 2 is 2.03 bits per heavy atom. The number of likely N-dealkylation sites (tertiary alicyclic amines) is 1. The number of aliphatic hydroxyl groups excluding tert-OH is 1. The number of halogens is 1. The Balaban J connectivity index is 1.32. The number of hydrogen-bond acceptors (Lipinski definition) is 7. The van der Waals surface area contributed by atoms with Crippen molar-refractivity contribution in [1.29, 1.82) is 0 Å². The maximum absolute atomic E-state index is 13.4. The monoisotopic (exact) mass is 499 g/mol. The lowest BCUT2D eigenvalue weighted by Crippen LogP contribution is -2.59. The third kappa shape index (κ3) is 6.54. The van der Waals surface area contributed by atoms with E-state index in [1.165, 1.54) is 12.1 Å². The van der Waals surface area contributed by atoms with Gasteiger partial charge in [0.1, 0.15) is 29.6 Å². The molecule has 1 fully saturated rings. The number of aryl methyl sites for hydroxylation is 2. The number of nitrogens with zero attached hydrogens (tertiary/aromatic N) is 3. The molecule has 194 valence electrons. The van der Waals surface area contributed by atoms with Gasteiger partial charge in [0, 0.05) is 44.6 Å². The fourth-order valence-corrected chi connectivity index (χ4v) is 4.43. The van der Waals surface area contributed by atoms with Crippen molar-refractivity contribution in [1.82, 2.24) is 14.5 Å². The summed E-state index contributed by atoms with van der Waals surface area (Å²) in [4.78, 5) is 6.29. The maximum atomic E-state index is 13.4. The predicted octanol–water partition coefficient (Wildman–Crippen LogP) is 3.19. The van der Waals surface area contributed by atoms with Gasteiger partial charge in [0.05, 0.1) is 19.8 Å². The summed E-state index contributed by atoms with van der Waals surface area (Å²) in [6, 6.07) is 11.5. The van der Waals surface area contributed by atoms with Crippen molar-refractivity contribution in [2.75, 3.05) is 33.4 Å². The van der Waals surface area contributed by atoms with E-state index in [1.54, 1.807) is 25.4 Å². The minimum atomic E-state index is -1.47. The van der Waals surface area contributed by atoms with Crippen molar-refractivity contribution >= 4 is 0 Å². The Morgan fingerprint density at radius 1 is 1.17 bits per heavy atom. The smallest absolute Gasteiger partial charge is 0.161 e. The predicted molar refractivity (Wildman–Crippen MR) is 133 cm³/mol. The Bertz CT molecular complexity index is 1140. The zero-order valence-electron chi connectivity index (χ0n) is 20.8. The summed E-state index contributed by atoms with van der Waals surface area (Å²) in [7, 11) is 1.61. The van der Waals surface area contributed by atoms with E-state index in [0.29, 0.717) is 43.4 Å². The fraction of sp³-hybridized carbons (Fsp3) is 0.444. The number of rotatable bonds is 11. The number of benzene rings is 2. The fourth-order valence-electron chi connectivity index (χ4n) is 4.43. The molecule has 8 nitrogen and oxygen atoms in total. The van der Waals surface area contributed by atoms with Gasteiger partial charge in [0.15, 0.2) is 11.5 Å². The molecule has 4 rings (SSSR count). The molecule has 36 heavy (non-hydrogen) atoms. The average molecular weight is 500 g/mol. The molecular formula is C27H34FN3O5. The first-order valence-electron chi connectivity index (χ1n) is 12.1. The minimum absolute atomic E-state index is 0.136. The average Bonchev–Trinajstić information content (AvgIpc) is 3.28. The zero-order chi connectivity index (χ0) is 25.5. The molecular weight excluding hydrogens is 465 g/mol. The van der Waals surface area contributed by atoms with E-state index in [1.807, 2.05) is 31.3 Å². The van der Waals surface area contributed by atoms with Crippen molar-refractivity contribution in [2.24, 2.45) is 0 Å². The molecule has 0 radical (unpaired) electrons. The first kappa shape index (κ1) is 25.9. The molecule has 2 atom stereocenters. The molecule has 0 unspecified atom stereocenters. The lowest BCUT2D eigenvalue weighted by Gasteiger charge is -2.42. The van der Waals surface area contributed by atoms with Crippen molar-refractivity contribution in [3.63, 3.8) is 0 Å². The van der Waals surface area contributed by atoms with Crippen LogP contribution < -0.4 is 14.2 Å². The Kier molecular flexibility index (Phi) is 8.45. The summed E-state index contributed by atoms with van der Waals surface area (Å²) in [6.07, 6.45) is 4.06. The van der Waals surface area contributed by atoms with E-state index in [0.717, 1.165) is 24.4 Å². The van der Waals surface area contributed by atoms with Crippen LogP contribution in [0.4, 0.5) is 4.39 Å². The molecule has 0 saturated carbocycles. The highest BCUT2D eigenvalue weighted by Crippen LogP contribution is 2.30.